The molecule has 0 fully saturated rings. The topological polar surface area (TPSA) is 61.2 Å². The molecule has 1 aromatic heterocycles. The summed E-state index contributed by atoms with van der Waals surface area (Å²) in [6, 6.07) is 10.0. The number of halogens is 3. The summed E-state index contributed by atoms with van der Waals surface area (Å²) in [6.45, 7) is 3.14. The molecule has 1 heterocycles. The van der Waals surface area contributed by atoms with E-state index in [1.165, 1.54) is 0 Å². The molecule has 0 saturated heterocycles. The maximum Gasteiger partial charge on any atom is 0.342 e. The van der Waals surface area contributed by atoms with Gasteiger partial charge in [0.2, 0.25) is 0 Å². The molecule has 0 aliphatic rings. The second-order valence-electron chi connectivity index (χ2n) is 6.42. The van der Waals surface area contributed by atoms with Gasteiger partial charge >= 0.3 is 5.97 Å². The second-order valence-corrected chi connectivity index (χ2v) is 6.83. The largest absolute Gasteiger partial charge is 0.454 e. The third-order valence-electron chi connectivity index (χ3n) is 4.44. The van der Waals surface area contributed by atoms with E-state index in [1.54, 1.807) is 24.6 Å². The van der Waals surface area contributed by atoms with Crippen LogP contribution >= 0.6 is 11.6 Å². The van der Waals surface area contributed by atoms with E-state index in [0.717, 1.165) is 23.8 Å². The van der Waals surface area contributed by atoms with E-state index in [9.17, 15) is 18.4 Å². The third kappa shape index (κ3) is 4.51. The van der Waals surface area contributed by atoms with Gasteiger partial charge in [-0.25, -0.2) is 13.6 Å². The Labute approximate surface area is 170 Å². The molecule has 29 heavy (non-hydrogen) atoms. The average molecular weight is 419 g/mol. The molecule has 3 rings (SSSR count). The Morgan fingerprint density at radius 1 is 1.10 bits per heavy atom. The van der Waals surface area contributed by atoms with Gasteiger partial charge in [-0.2, -0.15) is 5.10 Å². The van der Waals surface area contributed by atoms with E-state index >= 15 is 0 Å². The second kappa shape index (κ2) is 8.53. The fourth-order valence-electron chi connectivity index (χ4n) is 2.89. The molecule has 0 spiro atoms. The standard InChI is InChI=1S/C21H17ClF2N2O3/c1-12-20(13(2)26(25-12)10-15-5-3-4-6-16(15)22)21(28)29-11-19(27)14-7-8-17(23)18(24)9-14/h3-9H,10-11H2,1-2H3. The van der Waals surface area contributed by atoms with E-state index in [0.29, 0.717) is 23.0 Å². The zero-order valence-corrected chi connectivity index (χ0v) is 16.5. The van der Waals surface area contributed by atoms with Crippen LogP contribution in [0.25, 0.3) is 0 Å². The predicted octanol–water partition coefficient (Wildman–Crippen LogP) is 4.52. The maximum absolute atomic E-state index is 13.3. The fraction of sp³-hybridized carbons (Fsp3) is 0.190. The predicted molar refractivity (Wildman–Crippen MR) is 103 cm³/mol. The monoisotopic (exact) mass is 418 g/mol. The number of carbonyl (C=O) groups excluding carboxylic acids is 2. The molecule has 0 unspecified atom stereocenters. The average Bonchev–Trinajstić information content (AvgIpc) is 2.97. The van der Waals surface area contributed by atoms with Crippen molar-refractivity contribution < 1.29 is 23.1 Å². The summed E-state index contributed by atoms with van der Waals surface area (Å²) in [5.74, 6) is -3.57. The lowest BCUT2D eigenvalue weighted by atomic mass is 10.1. The van der Waals surface area contributed by atoms with Gasteiger partial charge in [0, 0.05) is 10.6 Å². The smallest absolute Gasteiger partial charge is 0.342 e. The van der Waals surface area contributed by atoms with Gasteiger partial charge < -0.3 is 4.74 Å². The van der Waals surface area contributed by atoms with Crippen molar-refractivity contribution in [3.8, 4) is 0 Å². The van der Waals surface area contributed by atoms with Crippen LogP contribution in [0, 0.1) is 25.5 Å². The number of esters is 1. The number of aryl methyl sites for hydroxylation is 1. The van der Waals surface area contributed by atoms with Crippen LogP contribution in [0.4, 0.5) is 8.78 Å². The Hall–Kier alpha value is -3.06. The van der Waals surface area contributed by atoms with Gasteiger partial charge in [-0.1, -0.05) is 29.8 Å². The van der Waals surface area contributed by atoms with Gasteiger partial charge in [-0.05, 0) is 43.7 Å². The number of benzene rings is 2. The molecule has 0 radical (unpaired) electrons. The number of hydrogen-bond donors (Lipinski definition) is 0. The Morgan fingerprint density at radius 3 is 2.52 bits per heavy atom. The van der Waals surface area contributed by atoms with Crippen LogP contribution in [-0.4, -0.2) is 28.1 Å². The van der Waals surface area contributed by atoms with Crippen molar-refractivity contribution in [2.45, 2.75) is 20.4 Å². The number of ketones is 1. The molecule has 0 bridgehead atoms. The Kier molecular flexibility index (Phi) is 6.08. The highest BCUT2D eigenvalue weighted by atomic mass is 35.5. The Balaban J connectivity index is 1.72. The summed E-state index contributed by atoms with van der Waals surface area (Å²) in [6.07, 6.45) is 0. The minimum absolute atomic E-state index is 0.0837. The van der Waals surface area contributed by atoms with Crippen LogP contribution in [0.2, 0.25) is 5.02 Å². The van der Waals surface area contributed by atoms with E-state index < -0.39 is 30.0 Å². The van der Waals surface area contributed by atoms with Crippen molar-refractivity contribution >= 4 is 23.4 Å². The minimum atomic E-state index is -1.14. The van der Waals surface area contributed by atoms with Crippen molar-refractivity contribution in [2.24, 2.45) is 0 Å². The van der Waals surface area contributed by atoms with Crippen molar-refractivity contribution in [3.63, 3.8) is 0 Å². The summed E-state index contributed by atoms with van der Waals surface area (Å²) in [5, 5.41) is 4.94. The Bertz CT molecular complexity index is 1100. The molecule has 0 N–H and O–H groups in total. The number of hydrogen-bond acceptors (Lipinski definition) is 4. The van der Waals surface area contributed by atoms with Crippen LogP contribution in [-0.2, 0) is 11.3 Å². The number of carbonyl (C=O) groups is 2. The van der Waals surface area contributed by atoms with Crippen molar-refractivity contribution in [1.29, 1.82) is 0 Å². The normalized spacial score (nSPS) is 10.8. The molecule has 0 atom stereocenters. The first-order chi connectivity index (χ1) is 13.8. The molecule has 2 aromatic carbocycles. The molecule has 0 aliphatic carbocycles. The summed E-state index contributed by atoms with van der Waals surface area (Å²) in [4.78, 5) is 24.6. The molecule has 0 saturated carbocycles. The first-order valence-electron chi connectivity index (χ1n) is 8.70. The number of Topliss-reactive ketones (excluding diaryl/α,β-unsaturated/α-hetero) is 1. The lowest BCUT2D eigenvalue weighted by Gasteiger charge is -2.08. The van der Waals surface area contributed by atoms with Gasteiger partial charge in [0.05, 0.1) is 17.9 Å². The molecular formula is C21H17ClF2N2O3. The highest BCUT2D eigenvalue weighted by Crippen LogP contribution is 2.20. The summed E-state index contributed by atoms with van der Waals surface area (Å²) < 4.78 is 33.0. The quantitative estimate of drug-likeness (QED) is 0.436. The number of aromatic nitrogens is 2. The zero-order valence-electron chi connectivity index (χ0n) is 15.7. The number of ether oxygens (including phenoxy) is 1. The van der Waals surface area contributed by atoms with Crippen LogP contribution in [0.3, 0.4) is 0 Å². The molecular weight excluding hydrogens is 402 g/mol. The molecule has 150 valence electrons. The summed E-state index contributed by atoms with van der Waals surface area (Å²) in [7, 11) is 0. The summed E-state index contributed by atoms with van der Waals surface area (Å²) in [5.41, 5.74) is 2.01. The van der Waals surface area contributed by atoms with Gasteiger partial charge in [0.15, 0.2) is 24.0 Å². The van der Waals surface area contributed by atoms with Gasteiger partial charge in [-0.3, -0.25) is 9.48 Å². The van der Waals surface area contributed by atoms with Gasteiger partial charge in [0.1, 0.15) is 5.56 Å². The van der Waals surface area contributed by atoms with E-state index in [-0.39, 0.29) is 11.1 Å². The molecule has 0 amide bonds. The van der Waals surface area contributed by atoms with E-state index in [2.05, 4.69) is 5.10 Å². The van der Waals surface area contributed by atoms with Crippen molar-refractivity contribution in [1.82, 2.24) is 9.78 Å². The first-order valence-corrected chi connectivity index (χ1v) is 9.08. The van der Waals surface area contributed by atoms with Crippen molar-refractivity contribution in [3.05, 3.63) is 87.2 Å². The zero-order chi connectivity index (χ0) is 21.1. The van der Waals surface area contributed by atoms with Crippen LogP contribution in [0.1, 0.15) is 37.7 Å². The highest BCUT2D eigenvalue weighted by Gasteiger charge is 2.22. The van der Waals surface area contributed by atoms with Gasteiger partial charge in [-0.15, -0.1) is 0 Å². The maximum atomic E-state index is 13.3. The lowest BCUT2D eigenvalue weighted by molar-refractivity contribution is 0.0473. The van der Waals surface area contributed by atoms with E-state index in [4.69, 9.17) is 16.3 Å². The highest BCUT2D eigenvalue weighted by molar-refractivity contribution is 6.31. The molecule has 0 aliphatic heterocycles. The Morgan fingerprint density at radius 2 is 1.83 bits per heavy atom. The summed E-state index contributed by atoms with van der Waals surface area (Å²) >= 11 is 6.18. The minimum Gasteiger partial charge on any atom is -0.454 e. The van der Waals surface area contributed by atoms with E-state index in [1.807, 2.05) is 18.2 Å². The van der Waals surface area contributed by atoms with Gasteiger partial charge in [0.25, 0.3) is 0 Å². The number of nitrogens with zero attached hydrogens (tertiary/aromatic N) is 2. The van der Waals surface area contributed by atoms with Crippen LogP contribution in [0.15, 0.2) is 42.5 Å². The third-order valence-corrected chi connectivity index (χ3v) is 4.81. The molecule has 3 aromatic rings. The molecule has 8 heteroatoms. The SMILES string of the molecule is Cc1nn(Cc2ccccc2Cl)c(C)c1C(=O)OCC(=O)c1ccc(F)c(F)c1. The van der Waals surface area contributed by atoms with Crippen molar-refractivity contribution in [2.75, 3.05) is 6.61 Å². The van der Waals surface area contributed by atoms with Crippen LogP contribution in [0.5, 0.6) is 0 Å². The fourth-order valence-corrected chi connectivity index (χ4v) is 3.09. The first kappa shape index (κ1) is 20.7. The molecule has 5 nitrogen and oxygen atoms in total. The lowest BCUT2D eigenvalue weighted by Crippen LogP contribution is -2.16. The number of rotatable bonds is 6. The van der Waals surface area contributed by atoms with Crippen LogP contribution < -0.4 is 0 Å².